The van der Waals surface area contributed by atoms with Crippen molar-refractivity contribution in [3.8, 4) is 0 Å². The molecule has 0 spiro atoms. The topological polar surface area (TPSA) is 123 Å². The van der Waals surface area contributed by atoms with Crippen LogP contribution in [0.3, 0.4) is 0 Å². The van der Waals surface area contributed by atoms with Gasteiger partial charge in [0.25, 0.3) is 0 Å². The number of amides is 1. The van der Waals surface area contributed by atoms with Crippen LogP contribution in [0, 0.1) is 13.8 Å². The first-order valence-corrected chi connectivity index (χ1v) is 14.4. The Hall–Kier alpha value is -1.70. The van der Waals surface area contributed by atoms with Crippen molar-refractivity contribution in [3.63, 3.8) is 0 Å². The Morgan fingerprint density at radius 1 is 0.971 bits per heavy atom. The highest BCUT2D eigenvalue weighted by Crippen LogP contribution is 2.38. The van der Waals surface area contributed by atoms with Crippen LogP contribution in [0.25, 0.3) is 0 Å². The molecule has 0 aliphatic heterocycles. The maximum absolute atomic E-state index is 12.3. The highest BCUT2D eigenvalue weighted by Gasteiger charge is 2.35. The Bertz CT molecular complexity index is 883. The zero-order valence-electron chi connectivity index (χ0n) is 22.9. The molecule has 0 saturated carbocycles. The molecule has 1 aromatic carbocycles. The Balaban J connectivity index is 0.0000116. The molecule has 0 radical (unpaired) electrons. The molecule has 0 fully saturated rings. The lowest BCUT2D eigenvalue weighted by atomic mass is 9.86. The molecule has 0 aromatic heterocycles. The zero-order chi connectivity index (χ0) is 25.6. The molecule has 0 saturated heterocycles. The van der Waals surface area contributed by atoms with Crippen molar-refractivity contribution in [1.82, 2.24) is 11.5 Å². The number of carbonyl (C=O) groups is 1. The predicted octanol–water partition coefficient (Wildman–Crippen LogP) is 6.99. The standard InChI is InChI=1S/C28H47NO4S.H3N/c1-6-8-9-10-11-12-13-14-15-16-18-25-19-20-26(24(4)23(25)3)28(5,34(31,32)33)21-17-22-29-27(30)7-2;/h7,19-20H,2,6,8-18,21-22H2,1,3-5H3,(H,29,30)(H,31,32,33);1H3. The quantitative estimate of drug-likeness (QED) is 0.125. The molecule has 1 atom stereocenters. The van der Waals surface area contributed by atoms with Gasteiger partial charge in [-0.1, -0.05) is 83.4 Å². The average molecular weight is 511 g/mol. The molecule has 0 heterocycles. The lowest BCUT2D eigenvalue weighted by molar-refractivity contribution is -0.116. The lowest BCUT2D eigenvalue weighted by Crippen LogP contribution is -2.35. The minimum atomic E-state index is -4.60. The molecule has 202 valence electrons. The van der Waals surface area contributed by atoms with E-state index in [0.717, 1.165) is 24.0 Å². The molecule has 1 amide bonds. The van der Waals surface area contributed by atoms with Crippen molar-refractivity contribution in [2.45, 2.75) is 116 Å². The van der Waals surface area contributed by atoms with Crippen molar-refractivity contribution in [2.24, 2.45) is 0 Å². The van der Waals surface area contributed by atoms with E-state index in [2.05, 4.69) is 18.8 Å². The van der Waals surface area contributed by atoms with Crippen molar-refractivity contribution >= 4 is 16.0 Å². The molecule has 6 nitrogen and oxygen atoms in total. The second kappa shape index (κ2) is 16.9. The Morgan fingerprint density at radius 3 is 2.03 bits per heavy atom. The number of nitrogens with one attached hydrogen (secondary N) is 1. The van der Waals surface area contributed by atoms with Crippen molar-refractivity contribution in [1.29, 1.82) is 0 Å². The van der Waals surface area contributed by atoms with E-state index in [9.17, 15) is 17.8 Å². The molecule has 5 N–H and O–H groups in total. The van der Waals surface area contributed by atoms with E-state index < -0.39 is 14.9 Å². The molecule has 0 aliphatic carbocycles. The van der Waals surface area contributed by atoms with Crippen LogP contribution in [0.15, 0.2) is 24.8 Å². The van der Waals surface area contributed by atoms with Crippen LogP contribution in [-0.2, 0) is 26.1 Å². The average Bonchev–Trinajstić information content (AvgIpc) is 2.79. The van der Waals surface area contributed by atoms with E-state index in [1.54, 1.807) is 0 Å². The zero-order valence-corrected chi connectivity index (χ0v) is 23.7. The summed E-state index contributed by atoms with van der Waals surface area (Å²) in [5.41, 5.74) is 3.75. The Morgan fingerprint density at radius 2 is 1.51 bits per heavy atom. The smallest absolute Gasteiger partial charge is 0.243 e. The first-order chi connectivity index (χ1) is 16.1. The summed E-state index contributed by atoms with van der Waals surface area (Å²) in [6.45, 7) is 11.4. The second-order valence-corrected chi connectivity index (χ2v) is 11.5. The van der Waals surface area contributed by atoms with Gasteiger partial charge in [-0.05, 0) is 74.8 Å². The number of benzene rings is 1. The monoisotopic (exact) mass is 510 g/mol. The Labute approximate surface area is 214 Å². The van der Waals surface area contributed by atoms with Crippen molar-refractivity contribution < 1.29 is 17.8 Å². The second-order valence-electron chi connectivity index (χ2n) is 9.74. The number of aryl methyl sites for hydroxylation is 1. The number of hydrogen-bond donors (Lipinski definition) is 2. The van der Waals surface area contributed by atoms with Crippen LogP contribution in [0.2, 0.25) is 0 Å². The fourth-order valence-electron chi connectivity index (χ4n) is 4.63. The van der Waals surface area contributed by atoms with Gasteiger partial charge in [0.15, 0.2) is 0 Å². The minimum Gasteiger partial charge on any atom is -0.747 e. The van der Waals surface area contributed by atoms with Crippen LogP contribution in [0.1, 0.15) is 113 Å². The molecule has 1 unspecified atom stereocenters. The highest BCUT2D eigenvalue weighted by atomic mass is 32.2. The predicted molar refractivity (Wildman–Crippen MR) is 147 cm³/mol. The summed E-state index contributed by atoms with van der Waals surface area (Å²) in [4.78, 5) is 11.3. The van der Waals surface area contributed by atoms with Gasteiger partial charge >= 0.3 is 0 Å². The maximum Gasteiger partial charge on any atom is 0.243 e. The lowest BCUT2D eigenvalue weighted by Gasteiger charge is -2.35. The van der Waals surface area contributed by atoms with Gasteiger partial charge in [0.05, 0.1) is 4.75 Å². The fraction of sp³-hybridized carbons (Fsp3) is 0.679. The molecular formula is C28H50N2O4S. The number of unbranched alkanes of at least 4 members (excludes halogenated alkanes) is 9. The number of quaternary nitrogens is 1. The van der Waals surface area contributed by atoms with Gasteiger partial charge in [0.1, 0.15) is 10.1 Å². The number of hydrogen-bond acceptors (Lipinski definition) is 4. The SMILES string of the molecule is C=CC(=O)NCCCC(C)(c1ccc(CCCCCCCCCCCC)c(C)c1C)S(=O)(=O)[O-].[NH4+]. The van der Waals surface area contributed by atoms with Crippen LogP contribution in [0.4, 0.5) is 0 Å². The molecule has 0 aliphatic rings. The minimum absolute atomic E-state index is 0. The van der Waals surface area contributed by atoms with Crippen LogP contribution < -0.4 is 11.5 Å². The molecule has 7 heteroatoms. The van der Waals surface area contributed by atoms with E-state index in [1.807, 2.05) is 26.0 Å². The summed E-state index contributed by atoms with van der Waals surface area (Å²) in [5, 5.41) is 2.64. The summed E-state index contributed by atoms with van der Waals surface area (Å²) < 4.78 is 35.4. The van der Waals surface area contributed by atoms with E-state index in [1.165, 1.54) is 76.4 Å². The molecule has 1 aromatic rings. The van der Waals surface area contributed by atoms with Crippen LogP contribution in [0.5, 0.6) is 0 Å². The summed E-state index contributed by atoms with van der Waals surface area (Å²) in [7, 11) is -4.60. The third-order valence-corrected chi connectivity index (χ3v) is 8.66. The van der Waals surface area contributed by atoms with Crippen LogP contribution in [-0.4, -0.2) is 25.4 Å². The number of carbonyl (C=O) groups excluding carboxylic acids is 1. The van der Waals surface area contributed by atoms with E-state index in [4.69, 9.17) is 0 Å². The van der Waals surface area contributed by atoms with Gasteiger partial charge in [-0.3, -0.25) is 4.79 Å². The fourth-order valence-corrected chi connectivity index (χ4v) is 5.51. The van der Waals surface area contributed by atoms with Crippen molar-refractivity contribution in [3.05, 3.63) is 47.0 Å². The Kier molecular flexibility index (Phi) is 16.1. The summed E-state index contributed by atoms with van der Waals surface area (Å²) in [6.07, 6.45) is 15.6. The normalized spacial score (nSPS) is 13.1. The van der Waals surface area contributed by atoms with E-state index >= 15 is 0 Å². The third-order valence-electron chi connectivity index (χ3n) is 7.14. The summed E-state index contributed by atoms with van der Waals surface area (Å²) in [6, 6.07) is 3.82. The first kappa shape index (κ1) is 33.3. The molecule has 0 bridgehead atoms. The van der Waals surface area contributed by atoms with Gasteiger partial charge in [-0.2, -0.15) is 0 Å². The molecule has 35 heavy (non-hydrogen) atoms. The van der Waals surface area contributed by atoms with E-state index in [0.29, 0.717) is 18.5 Å². The highest BCUT2D eigenvalue weighted by molar-refractivity contribution is 7.86. The van der Waals surface area contributed by atoms with Gasteiger partial charge in [-0.15, -0.1) is 0 Å². The number of rotatable bonds is 18. The van der Waals surface area contributed by atoms with Gasteiger partial charge in [0, 0.05) is 6.54 Å². The third kappa shape index (κ3) is 10.8. The van der Waals surface area contributed by atoms with E-state index in [-0.39, 0.29) is 18.5 Å². The first-order valence-electron chi connectivity index (χ1n) is 13.0. The van der Waals surface area contributed by atoms with Crippen molar-refractivity contribution in [2.75, 3.05) is 6.54 Å². The summed E-state index contributed by atoms with van der Waals surface area (Å²) in [5.74, 6) is -0.310. The van der Waals surface area contributed by atoms with Gasteiger partial charge in [0.2, 0.25) is 5.91 Å². The van der Waals surface area contributed by atoms with Crippen LogP contribution >= 0.6 is 0 Å². The summed E-state index contributed by atoms with van der Waals surface area (Å²) >= 11 is 0. The molecule has 1 rings (SSSR count). The molecular weight excluding hydrogens is 460 g/mol. The maximum atomic E-state index is 12.3. The largest absolute Gasteiger partial charge is 0.747 e. The van der Waals surface area contributed by atoms with Gasteiger partial charge in [-0.25, -0.2) is 8.42 Å². The van der Waals surface area contributed by atoms with Gasteiger partial charge < -0.3 is 16.0 Å².